The maximum atomic E-state index is 13.3. The van der Waals surface area contributed by atoms with E-state index in [0.717, 1.165) is 22.2 Å². The molecule has 0 aliphatic rings. The van der Waals surface area contributed by atoms with E-state index in [0.29, 0.717) is 11.6 Å². The van der Waals surface area contributed by atoms with E-state index in [2.05, 4.69) is 30.4 Å². The summed E-state index contributed by atoms with van der Waals surface area (Å²) >= 11 is 14.1. The molecule has 3 aromatic carbocycles. The van der Waals surface area contributed by atoms with Gasteiger partial charge in [0.2, 0.25) is 5.91 Å². The highest BCUT2D eigenvalue weighted by atomic mass is 35.5. The average Bonchev–Trinajstić information content (AvgIpc) is 2.81. The molecule has 9 heteroatoms. The molecule has 0 aromatic heterocycles. The second-order valence-corrected chi connectivity index (χ2v) is 11.5. The summed E-state index contributed by atoms with van der Waals surface area (Å²) in [5.41, 5.74) is 2.70. The van der Waals surface area contributed by atoms with Crippen molar-refractivity contribution in [2.45, 2.75) is 24.0 Å². The molecule has 1 amide bonds. The number of sulfonamides is 1. The number of thioether (sulfide) groups is 1. The van der Waals surface area contributed by atoms with Gasteiger partial charge in [-0.2, -0.15) is 11.8 Å². The van der Waals surface area contributed by atoms with Crippen LogP contribution in [0.3, 0.4) is 0 Å². The molecule has 3 rings (SSSR count). The molecule has 0 radical (unpaired) electrons. The van der Waals surface area contributed by atoms with Crippen molar-refractivity contribution in [3.8, 4) is 0 Å². The lowest BCUT2D eigenvalue weighted by molar-refractivity contribution is -0.119. The van der Waals surface area contributed by atoms with E-state index in [1.807, 2.05) is 6.07 Å². The third-order valence-electron chi connectivity index (χ3n) is 4.94. The number of hydrogen-bond donors (Lipinski definition) is 1. The molecule has 1 N–H and O–H groups in total. The van der Waals surface area contributed by atoms with E-state index in [1.165, 1.54) is 35.4 Å². The van der Waals surface area contributed by atoms with Crippen molar-refractivity contribution in [2.75, 3.05) is 23.1 Å². The molecule has 0 bridgehead atoms. The molecule has 5 nitrogen and oxygen atoms in total. The number of benzene rings is 3. The maximum absolute atomic E-state index is 13.3. The first-order valence-corrected chi connectivity index (χ1v) is 14.1. The SMILES string of the molecule is Cc1cccc(CSCCCNC(=O)CN(c2ccc(Cl)cc2Cl)S(=O)(=O)c2ccccc2)c1. The first kappa shape index (κ1) is 26.4. The summed E-state index contributed by atoms with van der Waals surface area (Å²) in [4.78, 5) is 12.8. The molecule has 0 saturated heterocycles. The molecule has 3 aromatic rings. The first-order chi connectivity index (χ1) is 16.3. The van der Waals surface area contributed by atoms with Gasteiger partial charge in [0.15, 0.2) is 0 Å². The number of rotatable bonds is 11. The van der Waals surface area contributed by atoms with Crippen LogP contribution >= 0.6 is 35.0 Å². The van der Waals surface area contributed by atoms with Gasteiger partial charge in [0.25, 0.3) is 10.0 Å². The number of nitrogens with zero attached hydrogens (tertiary/aromatic N) is 1. The zero-order valence-corrected chi connectivity index (χ0v) is 21.9. The Labute approximate surface area is 215 Å². The minimum atomic E-state index is -4.02. The minimum Gasteiger partial charge on any atom is -0.354 e. The van der Waals surface area contributed by atoms with Gasteiger partial charge >= 0.3 is 0 Å². The summed E-state index contributed by atoms with van der Waals surface area (Å²) in [5.74, 6) is 1.38. The summed E-state index contributed by atoms with van der Waals surface area (Å²) in [6.07, 6.45) is 0.773. The van der Waals surface area contributed by atoms with Gasteiger partial charge in [-0.05, 0) is 55.0 Å². The van der Waals surface area contributed by atoms with Crippen LogP contribution in [0.1, 0.15) is 17.5 Å². The van der Waals surface area contributed by atoms with Crippen LogP contribution in [-0.4, -0.2) is 33.2 Å². The largest absolute Gasteiger partial charge is 0.354 e. The van der Waals surface area contributed by atoms with Crippen molar-refractivity contribution in [1.82, 2.24) is 5.32 Å². The van der Waals surface area contributed by atoms with E-state index in [-0.39, 0.29) is 15.6 Å². The number of amides is 1. The van der Waals surface area contributed by atoms with Gasteiger partial charge in [0.05, 0.1) is 15.6 Å². The van der Waals surface area contributed by atoms with Gasteiger partial charge in [-0.1, -0.05) is 71.2 Å². The smallest absolute Gasteiger partial charge is 0.264 e. The molecule has 0 aliphatic heterocycles. The monoisotopic (exact) mass is 536 g/mol. The highest BCUT2D eigenvalue weighted by Crippen LogP contribution is 2.32. The van der Waals surface area contributed by atoms with Gasteiger partial charge in [0, 0.05) is 17.3 Å². The first-order valence-electron chi connectivity index (χ1n) is 10.7. The van der Waals surface area contributed by atoms with Crippen molar-refractivity contribution in [1.29, 1.82) is 0 Å². The molecule has 34 heavy (non-hydrogen) atoms. The lowest BCUT2D eigenvalue weighted by atomic mass is 10.2. The molecule has 0 fully saturated rings. The number of anilines is 1. The predicted octanol–water partition coefficient (Wildman–Crippen LogP) is 5.94. The lowest BCUT2D eigenvalue weighted by Crippen LogP contribution is -2.41. The summed E-state index contributed by atoms with van der Waals surface area (Å²) < 4.78 is 27.7. The van der Waals surface area contributed by atoms with Crippen molar-refractivity contribution in [3.05, 3.63) is 94.0 Å². The Kier molecular flexibility index (Phi) is 9.71. The third kappa shape index (κ3) is 7.40. The fourth-order valence-electron chi connectivity index (χ4n) is 3.28. The van der Waals surface area contributed by atoms with E-state index < -0.39 is 22.5 Å². The average molecular weight is 538 g/mol. The number of hydrogen-bond acceptors (Lipinski definition) is 4. The summed E-state index contributed by atoms with van der Waals surface area (Å²) in [7, 11) is -4.02. The van der Waals surface area contributed by atoms with Gasteiger partial charge in [-0.25, -0.2) is 8.42 Å². The van der Waals surface area contributed by atoms with Crippen LogP contribution in [0.25, 0.3) is 0 Å². The van der Waals surface area contributed by atoms with Crippen molar-refractivity contribution in [3.63, 3.8) is 0 Å². The normalized spacial score (nSPS) is 11.3. The van der Waals surface area contributed by atoms with Crippen LogP contribution in [0.5, 0.6) is 0 Å². The molecule has 0 aliphatic carbocycles. The predicted molar refractivity (Wildman–Crippen MR) is 142 cm³/mol. The topological polar surface area (TPSA) is 66.5 Å². The van der Waals surface area contributed by atoms with Crippen LogP contribution < -0.4 is 9.62 Å². The van der Waals surface area contributed by atoms with Crippen LogP contribution in [-0.2, 0) is 20.6 Å². The lowest BCUT2D eigenvalue weighted by Gasteiger charge is -2.25. The zero-order chi connectivity index (χ0) is 24.6. The maximum Gasteiger partial charge on any atom is 0.264 e. The van der Waals surface area contributed by atoms with Crippen LogP contribution in [0.15, 0.2) is 77.7 Å². The molecular formula is C25H26Cl2N2O3S2. The highest BCUT2D eigenvalue weighted by Gasteiger charge is 2.28. The number of aryl methyl sites for hydroxylation is 1. The Hall–Kier alpha value is -2.19. The number of carbonyl (C=O) groups is 1. The molecule has 0 heterocycles. The van der Waals surface area contributed by atoms with Crippen molar-refractivity contribution >= 4 is 56.6 Å². The Morgan fingerprint density at radius 1 is 1.00 bits per heavy atom. The highest BCUT2D eigenvalue weighted by molar-refractivity contribution is 7.98. The van der Waals surface area contributed by atoms with Crippen molar-refractivity contribution in [2.24, 2.45) is 0 Å². The minimum absolute atomic E-state index is 0.0707. The summed E-state index contributed by atoms with van der Waals surface area (Å²) in [6.45, 7) is 2.13. The van der Waals surface area contributed by atoms with Crippen LogP contribution in [0.2, 0.25) is 10.0 Å². The summed E-state index contributed by atoms with van der Waals surface area (Å²) in [6, 6.07) is 20.8. The molecule has 0 spiro atoms. The van der Waals surface area contributed by atoms with Crippen molar-refractivity contribution < 1.29 is 13.2 Å². The molecule has 0 atom stereocenters. The van der Waals surface area contributed by atoms with Gasteiger partial charge in [-0.3, -0.25) is 9.10 Å². The standard InChI is InChI=1S/C25H26Cl2N2O3S2/c1-19-7-5-8-20(15-19)18-33-14-6-13-28-25(30)17-29(24-12-11-21(26)16-23(24)27)34(31,32)22-9-3-2-4-10-22/h2-5,7-12,15-16H,6,13-14,17-18H2,1H3,(H,28,30). The summed E-state index contributed by atoms with van der Waals surface area (Å²) in [5, 5.41) is 3.34. The second-order valence-electron chi connectivity index (χ2n) is 7.67. The Bertz CT molecular complexity index is 1220. The van der Waals surface area contributed by atoms with E-state index in [1.54, 1.807) is 36.0 Å². The number of carbonyl (C=O) groups excluding carboxylic acids is 1. The van der Waals surface area contributed by atoms with E-state index in [4.69, 9.17) is 23.2 Å². The third-order valence-corrected chi connectivity index (χ3v) is 8.36. The number of nitrogens with one attached hydrogen (secondary N) is 1. The van der Waals surface area contributed by atoms with Gasteiger partial charge in [-0.15, -0.1) is 0 Å². The quantitative estimate of drug-likeness (QED) is 0.308. The number of halogens is 2. The van der Waals surface area contributed by atoms with E-state index in [9.17, 15) is 13.2 Å². The Balaban J connectivity index is 1.60. The molecule has 0 unspecified atom stereocenters. The van der Waals surface area contributed by atoms with Gasteiger partial charge < -0.3 is 5.32 Å². The fourth-order valence-corrected chi connectivity index (χ4v) is 6.21. The molecular weight excluding hydrogens is 511 g/mol. The Morgan fingerprint density at radius 2 is 1.76 bits per heavy atom. The van der Waals surface area contributed by atoms with Crippen LogP contribution in [0, 0.1) is 6.92 Å². The van der Waals surface area contributed by atoms with Crippen LogP contribution in [0.4, 0.5) is 5.69 Å². The fraction of sp³-hybridized carbons (Fsp3) is 0.240. The second kappa shape index (κ2) is 12.5. The zero-order valence-electron chi connectivity index (χ0n) is 18.7. The molecule has 0 saturated carbocycles. The van der Waals surface area contributed by atoms with E-state index >= 15 is 0 Å². The van der Waals surface area contributed by atoms with Gasteiger partial charge in [0.1, 0.15) is 6.54 Å². The Morgan fingerprint density at radius 3 is 2.47 bits per heavy atom. The molecule has 180 valence electrons.